The van der Waals surface area contributed by atoms with Gasteiger partial charge >= 0.3 is 0 Å². The van der Waals surface area contributed by atoms with Crippen LogP contribution in [0.1, 0.15) is 37.9 Å². The van der Waals surface area contributed by atoms with Crippen LogP contribution in [0.25, 0.3) is 0 Å². The van der Waals surface area contributed by atoms with E-state index >= 15 is 0 Å². The smallest absolute Gasteiger partial charge is 0.241 e. The van der Waals surface area contributed by atoms with Crippen LogP contribution >= 0.6 is 11.3 Å². The molecule has 2 atom stereocenters. The molecule has 4 nitrogen and oxygen atoms in total. The van der Waals surface area contributed by atoms with Crippen LogP contribution in [0.15, 0.2) is 16.8 Å². The molecule has 0 bridgehead atoms. The summed E-state index contributed by atoms with van der Waals surface area (Å²) in [5.74, 6) is 0.180. The summed E-state index contributed by atoms with van der Waals surface area (Å²) in [7, 11) is 1.76. The Balaban J connectivity index is 1.81. The third kappa shape index (κ3) is 2.20. The average molecular weight is 280 g/mol. The summed E-state index contributed by atoms with van der Waals surface area (Å²) >= 11 is 1.67. The van der Waals surface area contributed by atoms with Crippen LogP contribution in [-0.2, 0) is 9.53 Å². The lowest BCUT2D eigenvalue weighted by Gasteiger charge is -2.44. The molecule has 2 heterocycles. The number of nitrogens with zero attached hydrogens (tertiary/aromatic N) is 1. The summed E-state index contributed by atoms with van der Waals surface area (Å²) in [5, 5.41) is 7.54. The number of methoxy groups -OCH3 is 1. The Labute approximate surface area is 117 Å². The van der Waals surface area contributed by atoms with Gasteiger partial charge in [-0.2, -0.15) is 11.3 Å². The third-order valence-electron chi connectivity index (χ3n) is 4.39. The van der Waals surface area contributed by atoms with Crippen LogP contribution in [-0.4, -0.2) is 36.1 Å². The van der Waals surface area contributed by atoms with Crippen LogP contribution in [0.3, 0.4) is 0 Å². The molecule has 0 spiro atoms. The molecular formula is C14H20N2O2S. The molecule has 1 aliphatic heterocycles. The number of thiophene rings is 1. The van der Waals surface area contributed by atoms with Crippen molar-refractivity contribution in [1.29, 1.82) is 0 Å². The lowest BCUT2D eigenvalue weighted by Crippen LogP contribution is -2.51. The zero-order valence-corrected chi connectivity index (χ0v) is 12.2. The fourth-order valence-corrected chi connectivity index (χ4v) is 3.64. The maximum absolute atomic E-state index is 12.4. The normalized spacial score (nSPS) is 29.6. The molecule has 1 saturated carbocycles. The molecule has 1 saturated heterocycles. The predicted octanol–water partition coefficient (Wildman–Crippen LogP) is 2.14. The number of rotatable bonds is 4. The molecule has 3 rings (SSSR count). The molecule has 19 heavy (non-hydrogen) atoms. The Morgan fingerprint density at radius 2 is 2.37 bits per heavy atom. The summed E-state index contributed by atoms with van der Waals surface area (Å²) < 4.78 is 5.67. The van der Waals surface area contributed by atoms with Gasteiger partial charge in [-0.15, -0.1) is 0 Å². The second-order valence-corrected chi connectivity index (χ2v) is 6.33. The quantitative estimate of drug-likeness (QED) is 0.918. The fourth-order valence-electron chi connectivity index (χ4n) is 2.96. The number of nitrogens with one attached hydrogen (secondary N) is 1. The van der Waals surface area contributed by atoms with Crippen molar-refractivity contribution in [1.82, 2.24) is 10.2 Å². The Morgan fingerprint density at radius 3 is 2.89 bits per heavy atom. The molecule has 2 unspecified atom stereocenters. The molecule has 5 heteroatoms. The van der Waals surface area contributed by atoms with Crippen molar-refractivity contribution in [3.8, 4) is 0 Å². The second kappa shape index (κ2) is 4.89. The number of hydrogen-bond acceptors (Lipinski definition) is 4. The Hall–Kier alpha value is -0.910. The van der Waals surface area contributed by atoms with E-state index in [1.807, 2.05) is 11.8 Å². The topological polar surface area (TPSA) is 41.6 Å². The first-order chi connectivity index (χ1) is 9.15. The standard InChI is InChI=1S/C14H20N2O2S/c1-10-13(17)16(9-14(18-2)5-3-6-14)12(15-10)11-4-7-19-8-11/h4,7-8,10,12,15H,3,5-6,9H2,1-2H3. The van der Waals surface area contributed by atoms with Gasteiger partial charge in [0.1, 0.15) is 6.17 Å². The van der Waals surface area contributed by atoms with Gasteiger partial charge in [-0.25, -0.2) is 0 Å². The highest BCUT2D eigenvalue weighted by molar-refractivity contribution is 7.07. The van der Waals surface area contributed by atoms with Crippen molar-refractivity contribution >= 4 is 17.2 Å². The van der Waals surface area contributed by atoms with Gasteiger partial charge in [0.15, 0.2) is 0 Å². The van der Waals surface area contributed by atoms with Crippen LogP contribution < -0.4 is 5.32 Å². The maximum Gasteiger partial charge on any atom is 0.241 e. The van der Waals surface area contributed by atoms with E-state index in [1.54, 1.807) is 18.4 Å². The summed E-state index contributed by atoms with van der Waals surface area (Å²) in [6.45, 7) is 2.63. The number of carbonyl (C=O) groups is 1. The van der Waals surface area contributed by atoms with Crippen LogP contribution in [0.2, 0.25) is 0 Å². The van der Waals surface area contributed by atoms with Crippen molar-refractivity contribution in [3.05, 3.63) is 22.4 Å². The van der Waals surface area contributed by atoms with Gasteiger partial charge in [0, 0.05) is 7.11 Å². The Kier molecular flexibility index (Phi) is 3.37. The highest BCUT2D eigenvalue weighted by atomic mass is 32.1. The molecular weight excluding hydrogens is 260 g/mol. The van der Waals surface area contributed by atoms with Gasteiger partial charge in [-0.05, 0) is 48.6 Å². The SMILES string of the molecule is COC1(CN2C(=O)C(C)NC2c2ccsc2)CCC1. The minimum atomic E-state index is -0.115. The number of hydrogen-bond donors (Lipinski definition) is 1. The first-order valence-electron chi connectivity index (χ1n) is 6.79. The molecule has 1 N–H and O–H groups in total. The monoisotopic (exact) mass is 280 g/mol. The molecule has 1 aromatic rings. The summed E-state index contributed by atoms with van der Waals surface area (Å²) in [5.41, 5.74) is 1.06. The van der Waals surface area contributed by atoms with Gasteiger partial charge < -0.3 is 9.64 Å². The van der Waals surface area contributed by atoms with E-state index in [0.29, 0.717) is 6.54 Å². The highest BCUT2D eigenvalue weighted by Gasteiger charge is 2.45. The Morgan fingerprint density at radius 1 is 1.58 bits per heavy atom. The van der Waals surface area contributed by atoms with Gasteiger partial charge in [0.2, 0.25) is 5.91 Å². The van der Waals surface area contributed by atoms with E-state index in [-0.39, 0.29) is 23.7 Å². The fraction of sp³-hybridized carbons (Fsp3) is 0.643. The molecule has 0 aromatic carbocycles. The number of ether oxygens (including phenoxy) is 1. The minimum Gasteiger partial charge on any atom is -0.376 e. The largest absolute Gasteiger partial charge is 0.376 e. The van der Waals surface area contributed by atoms with Crippen molar-refractivity contribution < 1.29 is 9.53 Å². The second-order valence-electron chi connectivity index (χ2n) is 5.55. The lowest BCUT2D eigenvalue weighted by atomic mass is 9.79. The van der Waals surface area contributed by atoms with E-state index in [2.05, 4.69) is 22.1 Å². The van der Waals surface area contributed by atoms with Gasteiger partial charge in [-0.1, -0.05) is 0 Å². The lowest BCUT2D eigenvalue weighted by molar-refractivity contribution is -0.140. The Bertz CT molecular complexity index is 451. The predicted molar refractivity (Wildman–Crippen MR) is 75.0 cm³/mol. The van der Waals surface area contributed by atoms with Gasteiger partial charge in [0.25, 0.3) is 0 Å². The highest BCUT2D eigenvalue weighted by Crippen LogP contribution is 2.38. The first-order valence-corrected chi connectivity index (χ1v) is 7.73. The summed E-state index contributed by atoms with van der Waals surface area (Å²) in [6.07, 6.45) is 3.30. The zero-order chi connectivity index (χ0) is 13.5. The van der Waals surface area contributed by atoms with Crippen LogP contribution in [0.5, 0.6) is 0 Å². The molecule has 1 amide bonds. The van der Waals surface area contributed by atoms with E-state index in [4.69, 9.17) is 4.74 Å². The van der Waals surface area contributed by atoms with Crippen LogP contribution in [0, 0.1) is 0 Å². The van der Waals surface area contributed by atoms with E-state index in [0.717, 1.165) is 12.8 Å². The third-order valence-corrected chi connectivity index (χ3v) is 5.09. The number of carbonyl (C=O) groups excluding carboxylic acids is 1. The van der Waals surface area contributed by atoms with E-state index < -0.39 is 0 Å². The first kappa shape index (κ1) is 13.1. The zero-order valence-electron chi connectivity index (χ0n) is 11.4. The van der Waals surface area contributed by atoms with Gasteiger partial charge in [0.05, 0.1) is 18.2 Å². The summed E-state index contributed by atoms with van der Waals surface area (Å²) in [4.78, 5) is 14.3. The maximum atomic E-state index is 12.4. The van der Waals surface area contributed by atoms with E-state index in [9.17, 15) is 4.79 Å². The molecule has 0 radical (unpaired) electrons. The molecule has 2 fully saturated rings. The van der Waals surface area contributed by atoms with Gasteiger partial charge in [-0.3, -0.25) is 10.1 Å². The number of amides is 1. The molecule has 104 valence electrons. The molecule has 1 aromatic heterocycles. The molecule has 1 aliphatic carbocycles. The van der Waals surface area contributed by atoms with Crippen molar-refractivity contribution in [3.63, 3.8) is 0 Å². The van der Waals surface area contributed by atoms with E-state index in [1.165, 1.54) is 12.0 Å². The van der Waals surface area contributed by atoms with Crippen molar-refractivity contribution in [2.45, 2.75) is 44.0 Å². The minimum absolute atomic E-state index is 0.00127. The van der Waals surface area contributed by atoms with Crippen LogP contribution in [0.4, 0.5) is 0 Å². The van der Waals surface area contributed by atoms with Crippen molar-refractivity contribution in [2.24, 2.45) is 0 Å². The summed E-state index contributed by atoms with van der Waals surface area (Å²) in [6, 6.07) is 1.97. The average Bonchev–Trinajstić information content (AvgIpc) is 2.96. The van der Waals surface area contributed by atoms with Crippen molar-refractivity contribution in [2.75, 3.05) is 13.7 Å². The molecule has 2 aliphatic rings.